The summed E-state index contributed by atoms with van der Waals surface area (Å²) in [5.41, 5.74) is 0. The van der Waals surface area contributed by atoms with Crippen LogP contribution >= 0.6 is 0 Å². The first-order valence-electron chi connectivity index (χ1n) is 5.82. The zero-order valence-corrected chi connectivity index (χ0v) is 10.2. The lowest BCUT2D eigenvalue weighted by molar-refractivity contribution is -0.139. The SMILES string of the molecule is C#CCCCCNC(=O)NC(CCC)C(=O)O. The molecule has 1 atom stereocenters. The van der Waals surface area contributed by atoms with Gasteiger partial charge in [0.15, 0.2) is 0 Å². The number of hydrogen-bond acceptors (Lipinski definition) is 2. The third-order valence-electron chi connectivity index (χ3n) is 2.21. The van der Waals surface area contributed by atoms with Gasteiger partial charge in [0.1, 0.15) is 6.04 Å². The Bertz CT molecular complexity index is 284. The van der Waals surface area contributed by atoms with Crippen molar-refractivity contribution in [1.82, 2.24) is 10.6 Å². The molecule has 96 valence electrons. The number of carboxylic acids is 1. The molecular formula is C12H20N2O3. The summed E-state index contributed by atoms with van der Waals surface area (Å²) in [5, 5.41) is 13.9. The highest BCUT2D eigenvalue weighted by atomic mass is 16.4. The van der Waals surface area contributed by atoms with Gasteiger partial charge in [-0.05, 0) is 19.3 Å². The molecule has 0 fully saturated rings. The van der Waals surface area contributed by atoms with E-state index >= 15 is 0 Å². The third-order valence-corrected chi connectivity index (χ3v) is 2.21. The number of rotatable bonds is 8. The van der Waals surface area contributed by atoms with Crippen LogP contribution in [0.3, 0.4) is 0 Å². The fraction of sp³-hybridized carbons (Fsp3) is 0.667. The Morgan fingerprint density at radius 2 is 2.12 bits per heavy atom. The normalized spacial score (nSPS) is 11.3. The lowest BCUT2D eigenvalue weighted by atomic mass is 10.2. The number of unbranched alkanes of at least 4 members (excludes halogenated alkanes) is 2. The maximum absolute atomic E-state index is 11.3. The van der Waals surface area contributed by atoms with E-state index in [2.05, 4.69) is 16.6 Å². The van der Waals surface area contributed by atoms with E-state index in [1.165, 1.54) is 0 Å². The Balaban J connectivity index is 3.75. The van der Waals surface area contributed by atoms with Crippen molar-refractivity contribution < 1.29 is 14.7 Å². The molecule has 5 heteroatoms. The predicted molar refractivity (Wildman–Crippen MR) is 65.6 cm³/mol. The summed E-state index contributed by atoms with van der Waals surface area (Å²) >= 11 is 0. The Hall–Kier alpha value is -1.70. The molecule has 0 bridgehead atoms. The molecule has 0 aliphatic heterocycles. The third kappa shape index (κ3) is 8.14. The highest BCUT2D eigenvalue weighted by Gasteiger charge is 2.17. The van der Waals surface area contributed by atoms with Crippen LogP contribution in [0.15, 0.2) is 0 Å². The van der Waals surface area contributed by atoms with Gasteiger partial charge < -0.3 is 15.7 Å². The van der Waals surface area contributed by atoms with Gasteiger partial charge in [-0.2, -0.15) is 0 Å². The Morgan fingerprint density at radius 3 is 2.65 bits per heavy atom. The number of aliphatic carboxylic acids is 1. The molecule has 0 spiro atoms. The Morgan fingerprint density at radius 1 is 1.41 bits per heavy atom. The van der Waals surface area contributed by atoms with E-state index in [0.29, 0.717) is 25.8 Å². The van der Waals surface area contributed by atoms with Crippen LogP contribution in [0.1, 0.15) is 39.0 Å². The fourth-order valence-corrected chi connectivity index (χ4v) is 1.31. The lowest BCUT2D eigenvalue weighted by Gasteiger charge is -2.14. The summed E-state index contributed by atoms with van der Waals surface area (Å²) in [7, 11) is 0. The molecule has 0 rings (SSSR count). The summed E-state index contributed by atoms with van der Waals surface area (Å²) < 4.78 is 0. The number of amides is 2. The average molecular weight is 240 g/mol. The molecule has 0 saturated carbocycles. The molecule has 0 saturated heterocycles. The van der Waals surface area contributed by atoms with Gasteiger partial charge in [-0.1, -0.05) is 13.3 Å². The van der Waals surface area contributed by atoms with Crippen LogP contribution < -0.4 is 10.6 Å². The molecule has 0 radical (unpaired) electrons. The molecular weight excluding hydrogens is 220 g/mol. The summed E-state index contributed by atoms with van der Waals surface area (Å²) in [6.07, 6.45) is 8.57. The minimum Gasteiger partial charge on any atom is -0.480 e. The zero-order valence-electron chi connectivity index (χ0n) is 10.2. The van der Waals surface area contributed by atoms with E-state index in [1.54, 1.807) is 0 Å². The number of carbonyl (C=O) groups excluding carboxylic acids is 1. The summed E-state index contributed by atoms with van der Waals surface area (Å²) in [5.74, 6) is 1.51. The number of terminal acetylenes is 1. The molecule has 3 N–H and O–H groups in total. The van der Waals surface area contributed by atoms with Crippen molar-refractivity contribution in [3.8, 4) is 12.3 Å². The van der Waals surface area contributed by atoms with Crippen LogP contribution in [0.2, 0.25) is 0 Å². The minimum absolute atomic E-state index is 0.430. The second-order valence-electron chi connectivity index (χ2n) is 3.74. The van der Waals surface area contributed by atoms with Gasteiger partial charge in [0.2, 0.25) is 0 Å². The van der Waals surface area contributed by atoms with Crippen molar-refractivity contribution >= 4 is 12.0 Å². The number of hydrogen-bond donors (Lipinski definition) is 3. The largest absolute Gasteiger partial charge is 0.480 e. The molecule has 2 amide bonds. The summed E-state index contributed by atoms with van der Waals surface area (Å²) in [6.45, 7) is 2.38. The number of urea groups is 1. The Kier molecular flexibility index (Phi) is 8.57. The van der Waals surface area contributed by atoms with E-state index < -0.39 is 18.0 Å². The van der Waals surface area contributed by atoms with Crippen LogP contribution in [0.5, 0.6) is 0 Å². The van der Waals surface area contributed by atoms with Crippen LogP contribution in [-0.2, 0) is 4.79 Å². The van der Waals surface area contributed by atoms with Gasteiger partial charge in [0, 0.05) is 13.0 Å². The molecule has 1 unspecified atom stereocenters. The van der Waals surface area contributed by atoms with Crippen molar-refractivity contribution in [3.05, 3.63) is 0 Å². The van der Waals surface area contributed by atoms with Gasteiger partial charge >= 0.3 is 12.0 Å². The van der Waals surface area contributed by atoms with Gasteiger partial charge in [0.05, 0.1) is 0 Å². The van der Waals surface area contributed by atoms with Gasteiger partial charge in [-0.15, -0.1) is 12.3 Å². The minimum atomic E-state index is -1.01. The molecule has 0 aromatic rings. The van der Waals surface area contributed by atoms with E-state index in [1.807, 2.05) is 6.92 Å². The van der Waals surface area contributed by atoms with Crippen molar-refractivity contribution in [2.75, 3.05) is 6.54 Å². The highest BCUT2D eigenvalue weighted by Crippen LogP contribution is 1.96. The molecule has 0 heterocycles. The van der Waals surface area contributed by atoms with Crippen molar-refractivity contribution in [2.45, 2.75) is 45.1 Å². The molecule has 0 aliphatic rings. The molecule has 17 heavy (non-hydrogen) atoms. The molecule has 5 nitrogen and oxygen atoms in total. The van der Waals surface area contributed by atoms with Crippen molar-refractivity contribution in [3.63, 3.8) is 0 Å². The van der Waals surface area contributed by atoms with Gasteiger partial charge in [0.25, 0.3) is 0 Å². The summed E-state index contributed by atoms with van der Waals surface area (Å²) in [6, 6.07) is -1.25. The fourth-order valence-electron chi connectivity index (χ4n) is 1.31. The maximum Gasteiger partial charge on any atom is 0.326 e. The monoisotopic (exact) mass is 240 g/mol. The molecule has 0 aromatic heterocycles. The van der Waals surface area contributed by atoms with E-state index in [9.17, 15) is 9.59 Å². The summed E-state index contributed by atoms with van der Waals surface area (Å²) in [4.78, 5) is 22.1. The molecule has 0 aromatic carbocycles. The lowest BCUT2D eigenvalue weighted by Crippen LogP contribution is -2.46. The topological polar surface area (TPSA) is 78.4 Å². The smallest absolute Gasteiger partial charge is 0.326 e. The zero-order chi connectivity index (χ0) is 13.1. The predicted octanol–water partition coefficient (Wildman–Crippen LogP) is 1.34. The van der Waals surface area contributed by atoms with Crippen molar-refractivity contribution in [2.24, 2.45) is 0 Å². The second-order valence-corrected chi connectivity index (χ2v) is 3.74. The van der Waals surface area contributed by atoms with Crippen LogP contribution in [0.4, 0.5) is 4.79 Å². The van der Waals surface area contributed by atoms with E-state index in [4.69, 9.17) is 11.5 Å². The van der Waals surface area contributed by atoms with Crippen LogP contribution in [-0.4, -0.2) is 29.7 Å². The quantitative estimate of drug-likeness (QED) is 0.442. The number of carboxylic acid groups (broad SMARTS) is 1. The van der Waals surface area contributed by atoms with Crippen LogP contribution in [0.25, 0.3) is 0 Å². The van der Waals surface area contributed by atoms with E-state index in [-0.39, 0.29) is 0 Å². The highest BCUT2D eigenvalue weighted by molar-refractivity contribution is 5.82. The van der Waals surface area contributed by atoms with Gasteiger partial charge in [-0.3, -0.25) is 0 Å². The Labute approximate surface area is 102 Å². The second kappa shape index (κ2) is 9.52. The maximum atomic E-state index is 11.3. The first-order chi connectivity index (χ1) is 8.11. The standard InChI is InChI=1S/C12H20N2O3/c1-3-5-6-7-9-13-12(17)14-10(8-4-2)11(15)16/h1,10H,4-9H2,2H3,(H,15,16)(H2,13,14,17). The first kappa shape index (κ1) is 15.3. The first-order valence-corrected chi connectivity index (χ1v) is 5.82. The van der Waals surface area contributed by atoms with E-state index in [0.717, 1.165) is 12.8 Å². The van der Waals surface area contributed by atoms with Crippen LogP contribution in [0, 0.1) is 12.3 Å². The molecule has 0 aliphatic carbocycles. The average Bonchev–Trinajstić information content (AvgIpc) is 2.28. The number of carbonyl (C=O) groups is 2. The number of nitrogens with one attached hydrogen (secondary N) is 2. The van der Waals surface area contributed by atoms with Crippen molar-refractivity contribution in [1.29, 1.82) is 0 Å². The van der Waals surface area contributed by atoms with Gasteiger partial charge in [-0.25, -0.2) is 9.59 Å².